The maximum atomic E-state index is 12.8. The third-order valence-corrected chi connectivity index (χ3v) is 5.17. The van der Waals surface area contributed by atoms with Gasteiger partial charge in [-0.3, -0.25) is 0 Å². The van der Waals surface area contributed by atoms with E-state index in [9.17, 15) is 17.9 Å². The summed E-state index contributed by atoms with van der Waals surface area (Å²) >= 11 is 0. The number of sulfonamides is 1. The largest absolute Gasteiger partial charge is 0.389 e. The maximum absolute atomic E-state index is 12.8. The molecule has 0 spiro atoms. The van der Waals surface area contributed by atoms with Crippen LogP contribution in [0.4, 0.5) is 4.39 Å². The average molecular weight is 289 g/mol. The van der Waals surface area contributed by atoms with Crippen LogP contribution in [0, 0.1) is 5.82 Å². The second-order valence-electron chi connectivity index (χ2n) is 4.65. The Morgan fingerprint density at radius 2 is 1.68 bits per heavy atom. The van der Waals surface area contributed by atoms with Crippen LogP contribution in [0.1, 0.15) is 26.7 Å². The van der Waals surface area contributed by atoms with E-state index >= 15 is 0 Å². The predicted octanol–water partition coefficient (Wildman–Crippen LogP) is 2.00. The fourth-order valence-corrected chi connectivity index (χ4v) is 3.01. The first-order chi connectivity index (χ1) is 8.75. The summed E-state index contributed by atoms with van der Waals surface area (Å²) in [5.41, 5.74) is -1.04. The zero-order valence-corrected chi connectivity index (χ0v) is 12.2. The maximum Gasteiger partial charge on any atom is 0.242 e. The molecule has 19 heavy (non-hydrogen) atoms. The molecule has 0 fully saturated rings. The molecule has 0 amide bonds. The van der Waals surface area contributed by atoms with E-state index in [1.807, 2.05) is 13.8 Å². The Balaban J connectivity index is 2.97. The number of halogens is 1. The van der Waals surface area contributed by atoms with Crippen LogP contribution < -0.4 is 0 Å². The van der Waals surface area contributed by atoms with E-state index in [1.54, 1.807) is 0 Å². The van der Waals surface area contributed by atoms with Gasteiger partial charge in [-0.1, -0.05) is 13.8 Å². The fourth-order valence-electron chi connectivity index (χ4n) is 1.76. The number of likely N-dealkylation sites (N-methyl/N-ethyl adjacent to an activating group) is 1. The summed E-state index contributed by atoms with van der Waals surface area (Å²) in [6.07, 6.45) is 0.930. The molecule has 1 N–H and O–H groups in total. The molecule has 6 heteroatoms. The van der Waals surface area contributed by atoms with Crippen molar-refractivity contribution in [3.05, 3.63) is 30.1 Å². The minimum atomic E-state index is -3.70. The standard InChI is InChI=1S/C13H20FNO3S/c1-4-13(16,5-2)10-15(3)19(17,18)12-8-6-11(14)7-9-12/h6-9,16H,4-5,10H2,1-3H3. The Bertz CT molecular complexity index is 509. The summed E-state index contributed by atoms with van der Waals surface area (Å²) in [6.45, 7) is 3.63. The molecule has 0 saturated carbocycles. The van der Waals surface area contributed by atoms with Gasteiger partial charge < -0.3 is 5.11 Å². The van der Waals surface area contributed by atoms with Crippen LogP contribution in [0.2, 0.25) is 0 Å². The first kappa shape index (κ1) is 16.1. The molecule has 0 atom stereocenters. The number of nitrogens with zero attached hydrogens (tertiary/aromatic N) is 1. The van der Waals surface area contributed by atoms with Crippen LogP contribution in [-0.2, 0) is 10.0 Å². The van der Waals surface area contributed by atoms with Gasteiger partial charge in [0.25, 0.3) is 0 Å². The van der Waals surface area contributed by atoms with Crippen LogP contribution in [-0.4, -0.2) is 37.0 Å². The molecule has 4 nitrogen and oxygen atoms in total. The molecule has 0 unspecified atom stereocenters. The molecule has 1 aromatic rings. The Morgan fingerprint density at radius 1 is 1.21 bits per heavy atom. The lowest BCUT2D eigenvalue weighted by Gasteiger charge is -2.30. The molecule has 108 valence electrons. The lowest BCUT2D eigenvalue weighted by molar-refractivity contribution is 0.0189. The number of benzene rings is 1. The van der Waals surface area contributed by atoms with E-state index in [-0.39, 0.29) is 11.4 Å². The van der Waals surface area contributed by atoms with Crippen molar-refractivity contribution < 1.29 is 17.9 Å². The van der Waals surface area contributed by atoms with E-state index in [0.29, 0.717) is 12.8 Å². The lowest BCUT2D eigenvalue weighted by atomic mass is 9.98. The van der Waals surface area contributed by atoms with Gasteiger partial charge in [0, 0.05) is 13.6 Å². The second kappa shape index (κ2) is 5.98. The van der Waals surface area contributed by atoms with Crippen LogP contribution >= 0.6 is 0 Å². The summed E-state index contributed by atoms with van der Waals surface area (Å²) < 4.78 is 38.4. The number of hydrogen-bond donors (Lipinski definition) is 1. The topological polar surface area (TPSA) is 57.6 Å². The fraction of sp³-hybridized carbons (Fsp3) is 0.538. The highest BCUT2D eigenvalue weighted by Crippen LogP contribution is 2.21. The van der Waals surface area contributed by atoms with Crippen molar-refractivity contribution in [2.45, 2.75) is 37.2 Å². The quantitative estimate of drug-likeness (QED) is 0.871. The van der Waals surface area contributed by atoms with Crippen LogP contribution in [0.5, 0.6) is 0 Å². The van der Waals surface area contributed by atoms with Crippen molar-refractivity contribution in [3.63, 3.8) is 0 Å². The molecule has 0 heterocycles. The van der Waals surface area contributed by atoms with Gasteiger partial charge in [-0.05, 0) is 37.1 Å². The van der Waals surface area contributed by atoms with Crippen molar-refractivity contribution in [3.8, 4) is 0 Å². The van der Waals surface area contributed by atoms with E-state index in [0.717, 1.165) is 16.4 Å². The highest BCUT2D eigenvalue weighted by Gasteiger charge is 2.30. The molecule has 0 aliphatic rings. The molecule has 1 aromatic carbocycles. The average Bonchev–Trinajstić information content (AvgIpc) is 2.39. The molecule has 0 radical (unpaired) electrons. The third kappa shape index (κ3) is 3.75. The summed E-state index contributed by atoms with van der Waals surface area (Å²) in [4.78, 5) is 0.0194. The monoisotopic (exact) mass is 289 g/mol. The SMILES string of the molecule is CCC(O)(CC)CN(C)S(=O)(=O)c1ccc(F)cc1. The molecular formula is C13H20FNO3S. The van der Waals surface area contributed by atoms with Crippen molar-refractivity contribution >= 4 is 10.0 Å². The minimum absolute atomic E-state index is 0.0136. The molecule has 0 bridgehead atoms. The van der Waals surface area contributed by atoms with Crippen LogP contribution in [0.3, 0.4) is 0 Å². The van der Waals surface area contributed by atoms with Gasteiger partial charge in [0.1, 0.15) is 5.82 Å². The van der Waals surface area contributed by atoms with E-state index in [2.05, 4.69) is 0 Å². The van der Waals surface area contributed by atoms with E-state index in [1.165, 1.54) is 19.2 Å². The van der Waals surface area contributed by atoms with Crippen molar-refractivity contribution in [2.24, 2.45) is 0 Å². The van der Waals surface area contributed by atoms with Gasteiger partial charge in [-0.2, -0.15) is 4.31 Å². The summed E-state index contributed by atoms with van der Waals surface area (Å²) in [5.74, 6) is -0.486. The van der Waals surface area contributed by atoms with Crippen LogP contribution in [0.25, 0.3) is 0 Å². The Kier molecular flexibility index (Phi) is 5.06. The van der Waals surface area contributed by atoms with Crippen molar-refractivity contribution in [1.82, 2.24) is 4.31 Å². The molecule has 1 rings (SSSR count). The van der Waals surface area contributed by atoms with E-state index in [4.69, 9.17) is 0 Å². The highest BCUT2D eigenvalue weighted by atomic mass is 32.2. The molecule has 0 aromatic heterocycles. The van der Waals surface area contributed by atoms with Gasteiger partial charge in [0.15, 0.2) is 0 Å². The zero-order chi connectivity index (χ0) is 14.7. The van der Waals surface area contributed by atoms with Gasteiger partial charge in [0.2, 0.25) is 10.0 Å². The molecular weight excluding hydrogens is 269 g/mol. The Labute approximate surface area is 113 Å². The van der Waals surface area contributed by atoms with Crippen molar-refractivity contribution in [1.29, 1.82) is 0 Å². The van der Waals surface area contributed by atoms with E-state index < -0.39 is 21.4 Å². The van der Waals surface area contributed by atoms with Gasteiger partial charge in [-0.15, -0.1) is 0 Å². The predicted molar refractivity (Wildman–Crippen MR) is 71.7 cm³/mol. The highest BCUT2D eigenvalue weighted by molar-refractivity contribution is 7.89. The second-order valence-corrected chi connectivity index (χ2v) is 6.69. The number of rotatable bonds is 6. The first-order valence-electron chi connectivity index (χ1n) is 6.19. The van der Waals surface area contributed by atoms with Gasteiger partial charge in [-0.25, -0.2) is 12.8 Å². The van der Waals surface area contributed by atoms with Crippen molar-refractivity contribution in [2.75, 3.05) is 13.6 Å². The summed E-state index contributed by atoms with van der Waals surface area (Å²) in [6, 6.07) is 4.65. The number of aliphatic hydroxyl groups is 1. The Morgan fingerprint density at radius 3 is 2.11 bits per heavy atom. The molecule has 0 aliphatic carbocycles. The number of hydrogen-bond acceptors (Lipinski definition) is 3. The normalized spacial score (nSPS) is 12.9. The van der Waals surface area contributed by atoms with Crippen LogP contribution in [0.15, 0.2) is 29.2 Å². The summed E-state index contributed by atoms with van der Waals surface area (Å²) in [5, 5.41) is 10.2. The van der Waals surface area contributed by atoms with Gasteiger partial charge >= 0.3 is 0 Å². The lowest BCUT2D eigenvalue weighted by Crippen LogP contribution is -2.43. The summed E-state index contributed by atoms with van der Waals surface area (Å²) in [7, 11) is -2.29. The smallest absolute Gasteiger partial charge is 0.242 e. The molecule has 0 aliphatic heterocycles. The third-order valence-electron chi connectivity index (χ3n) is 3.36. The minimum Gasteiger partial charge on any atom is -0.389 e. The zero-order valence-electron chi connectivity index (χ0n) is 11.4. The first-order valence-corrected chi connectivity index (χ1v) is 7.63. The Hall–Kier alpha value is -0.980. The van der Waals surface area contributed by atoms with Gasteiger partial charge in [0.05, 0.1) is 10.5 Å². The molecule has 0 saturated heterocycles.